The highest BCUT2D eigenvalue weighted by atomic mass is 32.2. The second-order valence-corrected chi connectivity index (χ2v) is 9.85. The number of ether oxygens (including phenoxy) is 1. The van der Waals surface area contributed by atoms with E-state index in [1.165, 1.54) is 0 Å². The van der Waals surface area contributed by atoms with Gasteiger partial charge in [-0.05, 0) is 79.6 Å². The Morgan fingerprint density at radius 2 is 1.55 bits per heavy atom. The summed E-state index contributed by atoms with van der Waals surface area (Å²) in [5.41, 5.74) is 4.96. The Labute approximate surface area is 225 Å². The van der Waals surface area contributed by atoms with E-state index in [-0.39, 0.29) is 24.0 Å². The molecule has 3 aromatic rings. The lowest BCUT2D eigenvalue weighted by molar-refractivity contribution is -0.127. The maximum atomic E-state index is 12.8. The first kappa shape index (κ1) is 26.7. The van der Waals surface area contributed by atoms with Gasteiger partial charge in [-0.1, -0.05) is 48.0 Å². The Morgan fingerprint density at radius 3 is 2.26 bits per heavy atom. The molecule has 3 aromatic carbocycles. The molecule has 1 heterocycles. The van der Waals surface area contributed by atoms with Crippen LogP contribution in [0.5, 0.6) is 5.75 Å². The van der Waals surface area contributed by atoms with Crippen LogP contribution in [0.2, 0.25) is 0 Å². The van der Waals surface area contributed by atoms with Crippen LogP contribution in [0.1, 0.15) is 22.3 Å². The molecule has 1 aliphatic rings. The molecule has 1 fully saturated rings. The van der Waals surface area contributed by atoms with Crippen molar-refractivity contribution in [2.75, 3.05) is 23.8 Å². The highest BCUT2D eigenvalue weighted by Crippen LogP contribution is 2.32. The normalized spacial score (nSPS) is 14.1. The molecular formula is C29H27N3O5S. The zero-order valence-electron chi connectivity index (χ0n) is 21.2. The van der Waals surface area contributed by atoms with Gasteiger partial charge in [-0.3, -0.25) is 24.1 Å². The minimum Gasteiger partial charge on any atom is -0.484 e. The fourth-order valence-corrected chi connectivity index (χ4v) is 4.62. The van der Waals surface area contributed by atoms with Crippen molar-refractivity contribution in [1.82, 2.24) is 4.90 Å². The van der Waals surface area contributed by atoms with Crippen molar-refractivity contribution in [3.05, 3.63) is 93.9 Å². The van der Waals surface area contributed by atoms with Gasteiger partial charge in [0.05, 0.1) is 4.91 Å². The van der Waals surface area contributed by atoms with Crippen LogP contribution in [-0.4, -0.2) is 41.0 Å². The van der Waals surface area contributed by atoms with Gasteiger partial charge in [0, 0.05) is 11.4 Å². The highest BCUT2D eigenvalue weighted by Gasteiger charge is 2.36. The molecule has 9 heteroatoms. The predicted molar refractivity (Wildman–Crippen MR) is 149 cm³/mol. The predicted octanol–water partition coefficient (Wildman–Crippen LogP) is 5.30. The van der Waals surface area contributed by atoms with Crippen molar-refractivity contribution < 1.29 is 23.9 Å². The van der Waals surface area contributed by atoms with Crippen LogP contribution in [-0.2, 0) is 14.4 Å². The van der Waals surface area contributed by atoms with Gasteiger partial charge >= 0.3 is 0 Å². The van der Waals surface area contributed by atoms with Crippen LogP contribution < -0.4 is 15.4 Å². The molecule has 0 saturated carbocycles. The van der Waals surface area contributed by atoms with Gasteiger partial charge < -0.3 is 15.4 Å². The maximum Gasteiger partial charge on any atom is 0.294 e. The number of aryl methyl sites for hydroxylation is 3. The Morgan fingerprint density at radius 1 is 0.868 bits per heavy atom. The second kappa shape index (κ2) is 11.8. The fraction of sp³-hybridized carbons (Fsp3) is 0.172. The molecule has 38 heavy (non-hydrogen) atoms. The van der Waals surface area contributed by atoms with Crippen molar-refractivity contribution >= 4 is 52.2 Å². The topological polar surface area (TPSA) is 105 Å². The van der Waals surface area contributed by atoms with Crippen molar-refractivity contribution in [1.29, 1.82) is 0 Å². The van der Waals surface area contributed by atoms with Crippen molar-refractivity contribution in [2.45, 2.75) is 20.8 Å². The van der Waals surface area contributed by atoms with Gasteiger partial charge in [-0.15, -0.1) is 0 Å². The van der Waals surface area contributed by atoms with E-state index in [1.54, 1.807) is 36.4 Å². The SMILES string of the molecule is Cc1ccc(NC(=O)CN2C(=O)S/C(=C\c3ccc(OCC(=O)Nc4ccccc4C)cc3)C2=O)c(C)c1. The lowest BCUT2D eigenvalue weighted by Crippen LogP contribution is -2.36. The summed E-state index contributed by atoms with van der Waals surface area (Å²) in [5.74, 6) is -0.769. The Kier molecular flexibility index (Phi) is 8.28. The Bertz CT molecular complexity index is 1430. The largest absolute Gasteiger partial charge is 0.484 e. The third-order valence-electron chi connectivity index (χ3n) is 5.80. The number of benzene rings is 3. The molecule has 4 rings (SSSR count). The third-order valence-corrected chi connectivity index (χ3v) is 6.71. The molecule has 194 valence electrons. The average molecular weight is 530 g/mol. The van der Waals surface area contributed by atoms with E-state index >= 15 is 0 Å². The molecule has 0 aromatic heterocycles. The van der Waals surface area contributed by atoms with E-state index in [1.807, 2.05) is 57.2 Å². The number of nitrogens with one attached hydrogen (secondary N) is 2. The summed E-state index contributed by atoms with van der Waals surface area (Å²) in [6.45, 7) is 5.22. The number of carbonyl (C=O) groups is 4. The van der Waals surface area contributed by atoms with Crippen LogP contribution in [0.25, 0.3) is 6.08 Å². The van der Waals surface area contributed by atoms with Crippen LogP contribution in [0.3, 0.4) is 0 Å². The average Bonchev–Trinajstić information content (AvgIpc) is 3.14. The fourth-order valence-electron chi connectivity index (χ4n) is 3.78. The minimum atomic E-state index is -0.524. The minimum absolute atomic E-state index is 0.156. The molecular weight excluding hydrogens is 502 g/mol. The summed E-state index contributed by atoms with van der Waals surface area (Å²) in [6.07, 6.45) is 1.58. The zero-order valence-corrected chi connectivity index (χ0v) is 22.1. The molecule has 0 bridgehead atoms. The third kappa shape index (κ3) is 6.68. The number of thioether (sulfide) groups is 1. The smallest absolute Gasteiger partial charge is 0.294 e. The summed E-state index contributed by atoms with van der Waals surface area (Å²) in [6, 6.07) is 19.9. The van der Waals surface area contributed by atoms with Gasteiger partial charge in [-0.2, -0.15) is 0 Å². The number of amides is 4. The summed E-state index contributed by atoms with van der Waals surface area (Å²) in [7, 11) is 0. The molecule has 0 spiro atoms. The number of anilines is 2. The van der Waals surface area contributed by atoms with Crippen molar-refractivity contribution in [2.24, 2.45) is 0 Å². The van der Waals surface area contributed by atoms with Gasteiger partial charge in [0.25, 0.3) is 17.1 Å². The maximum absolute atomic E-state index is 12.8. The first-order valence-corrected chi connectivity index (χ1v) is 12.7. The molecule has 0 atom stereocenters. The molecule has 0 radical (unpaired) electrons. The van der Waals surface area contributed by atoms with E-state index < -0.39 is 17.1 Å². The van der Waals surface area contributed by atoms with E-state index in [0.717, 1.165) is 39.0 Å². The summed E-state index contributed by atoms with van der Waals surface area (Å²) in [4.78, 5) is 51.1. The Balaban J connectivity index is 1.32. The number of nitrogens with zero attached hydrogens (tertiary/aromatic N) is 1. The van der Waals surface area contributed by atoms with Crippen molar-refractivity contribution in [3.8, 4) is 5.75 Å². The number of para-hydroxylation sites is 1. The van der Waals surface area contributed by atoms with E-state index in [2.05, 4.69) is 10.6 Å². The lowest BCUT2D eigenvalue weighted by Gasteiger charge is -2.14. The van der Waals surface area contributed by atoms with Crippen molar-refractivity contribution in [3.63, 3.8) is 0 Å². The molecule has 4 amide bonds. The molecule has 1 aliphatic heterocycles. The quantitative estimate of drug-likeness (QED) is 0.384. The van der Waals surface area contributed by atoms with Gasteiger partial charge in [0.1, 0.15) is 12.3 Å². The van der Waals surface area contributed by atoms with E-state index in [9.17, 15) is 19.2 Å². The summed E-state index contributed by atoms with van der Waals surface area (Å²) >= 11 is 0.785. The van der Waals surface area contributed by atoms with Gasteiger partial charge in [0.15, 0.2) is 6.61 Å². The van der Waals surface area contributed by atoms with E-state index in [4.69, 9.17) is 4.74 Å². The van der Waals surface area contributed by atoms with Gasteiger partial charge in [-0.25, -0.2) is 0 Å². The van der Waals surface area contributed by atoms with Crippen LogP contribution >= 0.6 is 11.8 Å². The van der Waals surface area contributed by atoms with E-state index in [0.29, 0.717) is 17.0 Å². The second-order valence-electron chi connectivity index (χ2n) is 8.86. The highest BCUT2D eigenvalue weighted by molar-refractivity contribution is 8.18. The Hall–Kier alpha value is -4.37. The molecule has 0 aliphatic carbocycles. The number of hydrogen-bond donors (Lipinski definition) is 2. The van der Waals surface area contributed by atoms with Crippen LogP contribution in [0, 0.1) is 20.8 Å². The van der Waals surface area contributed by atoms with Gasteiger partial charge in [0.2, 0.25) is 5.91 Å². The first-order valence-electron chi connectivity index (χ1n) is 11.9. The van der Waals surface area contributed by atoms with Crippen LogP contribution in [0.4, 0.5) is 16.2 Å². The summed E-state index contributed by atoms with van der Waals surface area (Å²) in [5, 5.41) is 5.06. The number of carbonyl (C=O) groups excluding carboxylic acids is 4. The summed E-state index contributed by atoms with van der Waals surface area (Å²) < 4.78 is 5.56. The number of imide groups is 1. The lowest BCUT2D eigenvalue weighted by atomic mass is 10.1. The number of hydrogen-bond acceptors (Lipinski definition) is 6. The number of rotatable bonds is 8. The first-order chi connectivity index (χ1) is 18.2. The standard InChI is InChI=1S/C29H27N3O5S/c1-18-8-13-24(20(3)14-18)30-26(33)16-32-28(35)25(38-29(32)36)15-21-9-11-22(12-10-21)37-17-27(34)31-23-7-5-4-6-19(23)2/h4-15H,16-17H2,1-3H3,(H,30,33)(H,31,34)/b25-15-. The molecule has 1 saturated heterocycles. The molecule has 2 N–H and O–H groups in total. The van der Waals surface area contributed by atoms with Crippen LogP contribution in [0.15, 0.2) is 71.6 Å². The molecule has 8 nitrogen and oxygen atoms in total. The molecule has 0 unspecified atom stereocenters. The zero-order chi connectivity index (χ0) is 27.2. The monoisotopic (exact) mass is 529 g/mol.